The molecular formula is C40H64O13. The van der Waals surface area contributed by atoms with Gasteiger partial charge in [-0.2, -0.15) is 0 Å². The van der Waals surface area contributed by atoms with Gasteiger partial charge in [0, 0.05) is 25.4 Å². The van der Waals surface area contributed by atoms with Gasteiger partial charge in [-0.1, -0.05) is 39.3 Å². The van der Waals surface area contributed by atoms with E-state index in [1.807, 2.05) is 0 Å². The van der Waals surface area contributed by atoms with Gasteiger partial charge in [-0.3, -0.25) is 0 Å². The number of rotatable bonds is 6. The third-order valence-corrected chi connectivity index (χ3v) is 15.9. The van der Waals surface area contributed by atoms with Crippen molar-refractivity contribution in [2.24, 2.45) is 46.3 Å². The number of hydrogen-bond donors (Lipinski definition) is 6. The summed E-state index contributed by atoms with van der Waals surface area (Å²) in [6, 6.07) is 0. The van der Waals surface area contributed by atoms with Crippen molar-refractivity contribution in [1.82, 2.24) is 0 Å². The summed E-state index contributed by atoms with van der Waals surface area (Å²) in [5.74, 6) is 2.27. The normalized spacial score (nSPS) is 58.0. The van der Waals surface area contributed by atoms with E-state index in [-0.39, 0.29) is 29.3 Å². The van der Waals surface area contributed by atoms with Gasteiger partial charge in [0.1, 0.15) is 42.7 Å². The Morgan fingerprint density at radius 2 is 1.57 bits per heavy atom. The third-order valence-electron chi connectivity index (χ3n) is 15.9. The van der Waals surface area contributed by atoms with Crippen molar-refractivity contribution in [2.45, 2.75) is 178 Å². The summed E-state index contributed by atoms with van der Waals surface area (Å²) in [4.78, 5) is 0. The molecule has 4 aliphatic carbocycles. The SMILES string of the molecule is CO[C@H]1O[C@]2(CC[C@H]1C)O[C@H]1C[C@H]3[C@@H]4CC=C5C[C@@H](O[C@@H]6O[C@H](CO)[C@@H](O)[C@H](O)[C@H]6O[C@@H]6O[C@@H](C)[C@H](O)[C@@H](O)[C@H]6O)CC[C@]5(C)[C@H]4CC[C@]3(C)[C@H]1[C@@H]2C. The molecule has 8 aliphatic rings. The molecule has 302 valence electrons. The molecule has 13 heteroatoms. The fraction of sp³-hybridized carbons (Fsp3) is 0.950. The summed E-state index contributed by atoms with van der Waals surface area (Å²) >= 11 is 0. The van der Waals surface area contributed by atoms with Crippen molar-refractivity contribution in [1.29, 1.82) is 0 Å². The van der Waals surface area contributed by atoms with E-state index in [4.69, 9.17) is 33.2 Å². The second-order valence-corrected chi connectivity index (χ2v) is 18.5. The number of ether oxygens (including phenoxy) is 7. The standard InChI is InChI=1S/C40H64O13/c1-18-9-14-40(53-35(18)47-6)19(2)28-26(52-40)16-25-23-8-7-21-15-22(10-12-38(21,4)24(23)11-13-39(25,28)5)49-37-34(32(45)30(43)27(17-41)50-37)51-36-33(46)31(44)29(42)20(3)48-36/h7,18-20,22-37,41-46H,8-17H2,1-6H3/t18-,19+,20+,22+,23-,24+,25+,26+,27-,28+,29+,30-,31-,32+,33-,34-,35+,36+,37-,38+,39+,40+/m1/s1. The van der Waals surface area contributed by atoms with Crippen LogP contribution in [0.25, 0.3) is 0 Å². The molecule has 0 aromatic carbocycles. The number of fused-ring (bicyclic) bond motifs is 7. The molecule has 0 unspecified atom stereocenters. The van der Waals surface area contributed by atoms with E-state index < -0.39 is 73.8 Å². The van der Waals surface area contributed by atoms with E-state index in [2.05, 4.69) is 33.8 Å². The maximum Gasteiger partial charge on any atom is 0.187 e. The first-order valence-corrected chi connectivity index (χ1v) is 20.4. The monoisotopic (exact) mass is 752 g/mol. The minimum atomic E-state index is -1.61. The second kappa shape index (κ2) is 14.2. The molecule has 1 spiro atoms. The van der Waals surface area contributed by atoms with Crippen molar-refractivity contribution in [3.05, 3.63) is 11.6 Å². The Kier molecular flexibility index (Phi) is 10.5. The van der Waals surface area contributed by atoms with Gasteiger partial charge in [-0.05, 0) is 92.8 Å². The summed E-state index contributed by atoms with van der Waals surface area (Å²) in [6.07, 6.45) is -2.45. The molecule has 4 aliphatic heterocycles. The van der Waals surface area contributed by atoms with Crippen LogP contribution < -0.4 is 0 Å². The van der Waals surface area contributed by atoms with Crippen LogP contribution in [0.3, 0.4) is 0 Å². The van der Waals surface area contributed by atoms with Crippen LogP contribution in [0.5, 0.6) is 0 Å². The minimum Gasteiger partial charge on any atom is -0.394 e. The zero-order chi connectivity index (χ0) is 37.8. The van der Waals surface area contributed by atoms with Crippen molar-refractivity contribution in [3.63, 3.8) is 0 Å². The molecule has 53 heavy (non-hydrogen) atoms. The number of aliphatic hydroxyl groups excluding tert-OH is 6. The first-order valence-electron chi connectivity index (χ1n) is 20.4. The van der Waals surface area contributed by atoms with Gasteiger partial charge in [0.2, 0.25) is 0 Å². The average molecular weight is 753 g/mol. The third kappa shape index (κ3) is 6.13. The lowest BCUT2D eigenvalue weighted by Gasteiger charge is -2.59. The summed E-state index contributed by atoms with van der Waals surface area (Å²) in [5.41, 5.74) is 1.61. The smallest absolute Gasteiger partial charge is 0.187 e. The topological polar surface area (TPSA) is 186 Å². The number of methoxy groups -OCH3 is 1. The Labute approximate surface area is 313 Å². The Morgan fingerprint density at radius 3 is 2.30 bits per heavy atom. The van der Waals surface area contributed by atoms with Gasteiger partial charge >= 0.3 is 0 Å². The van der Waals surface area contributed by atoms with Crippen LogP contribution in [0.2, 0.25) is 0 Å². The number of aliphatic hydroxyl groups is 6. The molecule has 0 aromatic rings. The van der Waals surface area contributed by atoms with Crippen LogP contribution in [0, 0.1) is 46.3 Å². The summed E-state index contributed by atoms with van der Waals surface area (Å²) in [5, 5.41) is 63.0. The molecule has 0 bridgehead atoms. The van der Waals surface area contributed by atoms with E-state index in [9.17, 15) is 30.6 Å². The predicted octanol–water partition coefficient (Wildman–Crippen LogP) is 2.36. The lowest BCUT2D eigenvalue weighted by Crippen LogP contribution is -2.64. The highest BCUT2D eigenvalue weighted by atomic mass is 16.8. The zero-order valence-electron chi connectivity index (χ0n) is 32.2. The molecule has 7 fully saturated rings. The molecule has 22 atom stereocenters. The second-order valence-electron chi connectivity index (χ2n) is 18.5. The van der Waals surface area contributed by atoms with Crippen molar-refractivity contribution in [3.8, 4) is 0 Å². The van der Waals surface area contributed by atoms with Gasteiger partial charge in [0.05, 0.1) is 24.9 Å². The molecule has 0 aromatic heterocycles. The molecule has 13 nitrogen and oxygen atoms in total. The lowest BCUT2D eigenvalue weighted by atomic mass is 9.47. The van der Waals surface area contributed by atoms with Gasteiger partial charge in [0.25, 0.3) is 0 Å². The van der Waals surface area contributed by atoms with Gasteiger partial charge in [-0.15, -0.1) is 0 Å². The van der Waals surface area contributed by atoms with Gasteiger partial charge in [0.15, 0.2) is 24.7 Å². The highest BCUT2D eigenvalue weighted by Crippen LogP contribution is 2.71. The number of allylic oxidation sites excluding steroid dienone is 1. The fourth-order valence-electron chi connectivity index (χ4n) is 12.8. The maximum absolute atomic E-state index is 11.1. The highest BCUT2D eigenvalue weighted by Gasteiger charge is 2.69. The molecule has 4 heterocycles. The molecular weight excluding hydrogens is 688 g/mol. The summed E-state index contributed by atoms with van der Waals surface area (Å²) < 4.78 is 43.6. The Bertz CT molecular complexity index is 1370. The Hall–Kier alpha value is -0.780. The van der Waals surface area contributed by atoms with Crippen LogP contribution in [0.4, 0.5) is 0 Å². The molecule has 0 amide bonds. The quantitative estimate of drug-likeness (QED) is 0.218. The van der Waals surface area contributed by atoms with Crippen LogP contribution in [-0.2, 0) is 33.2 Å². The van der Waals surface area contributed by atoms with Crippen LogP contribution in [0.1, 0.15) is 92.4 Å². The van der Waals surface area contributed by atoms with Crippen LogP contribution in [-0.4, -0.2) is 130 Å². The fourth-order valence-corrected chi connectivity index (χ4v) is 12.8. The number of hydrogen-bond acceptors (Lipinski definition) is 13. The van der Waals surface area contributed by atoms with Gasteiger partial charge in [-0.25, -0.2) is 0 Å². The lowest BCUT2D eigenvalue weighted by molar-refractivity contribution is -0.369. The highest BCUT2D eigenvalue weighted by molar-refractivity contribution is 5.26. The summed E-state index contributed by atoms with van der Waals surface area (Å²) in [6.45, 7) is 10.5. The van der Waals surface area contributed by atoms with E-state index in [1.54, 1.807) is 7.11 Å². The Morgan fingerprint density at radius 1 is 0.792 bits per heavy atom. The van der Waals surface area contributed by atoms with E-state index in [0.717, 1.165) is 38.5 Å². The molecule has 3 saturated carbocycles. The maximum atomic E-state index is 11.1. The van der Waals surface area contributed by atoms with E-state index in [0.29, 0.717) is 41.9 Å². The largest absolute Gasteiger partial charge is 0.394 e. The van der Waals surface area contributed by atoms with Crippen molar-refractivity contribution >= 4 is 0 Å². The average Bonchev–Trinajstić information content (AvgIpc) is 3.59. The van der Waals surface area contributed by atoms with Crippen LogP contribution in [0.15, 0.2) is 11.6 Å². The van der Waals surface area contributed by atoms with Crippen molar-refractivity contribution < 1.29 is 63.8 Å². The zero-order valence-corrected chi connectivity index (χ0v) is 32.2. The minimum absolute atomic E-state index is 0.0314. The first-order chi connectivity index (χ1) is 25.2. The van der Waals surface area contributed by atoms with Crippen LogP contribution >= 0.6 is 0 Å². The molecule has 0 radical (unpaired) electrons. The Balaban J connectivity index is 0.962. The van der Waals surface area contributed by atoms with Crippen molar-refractivity contribution in [2.75, 3.05) is 13.7 Å². The predicted molar refractivity (Wildman–Crippen MR) is 187 cm³/mol. The molecule has 4 saturated heterocycles. The van der Waals surface area contributed by atoms with Gasteiger partial charge < -0.3 is 63.8 Å². The molecule has 6 N–H and O–H groups in total. The summed E-state index contributed by atoms with van der Waals surface area (Å²) in [7, 11) is 1.74. The first kappa shape index (κ1) is 39.1. The van der Waals surface area contributed by atoms with E-state index >= 15 is 0 Å². The van der Waals surface area contributed by atoms with E-state index in [1.165, 1.54) is 25.3 Å². The molecule has 8 rings (SSSR count).